The second-order valence-electron chi connectivity index (χ2n) is 9.33. The summed E-state index contributed by atoms with van der Waals surface area (Å²) in [5, 5.41) is 12.8. The smallest absolute Gasteiger partial charge is 0.416 e. The van der Waals surface area contributed by atoms with Gasteiger partial charge < -0.3 is 20.2 Å². The van der Waals surface area contributed by atoms with Crippen LogP contribution >= 0.6 is 0 Å². The van der Waals surface area contributed by atoms with Crippen molar-refractivity contribution in [2.24, 2.45) is 0 Å². The summed E-state index contributed by atoms with van der Waals surface area (Å²) in [6, 6.07) is 3.23. The highest BCUT2D eigenvalue weighted by Gasteiger charge is 2.37. The number of urea groups is 1. The summed E-state index contributed by atoms with van der Waals surface area (Å²) in [5.41, 5.74) is 2.72. The van der Waals surface area contributed by atoms with Gasteiger partial charge in [0, 0.05) is 31.9 Å². The van der Waals surface area contributed by atoms with Crippen molar-refractivity contribution in [3.63, 3.8) is 0 Å². The van der Waals surface area contributed by atoms with Crippen molar-refractivity contribution in [2.45, 2.75) is 57.7 Å². The zero-order chi connectivity index (χ0) is 26.3. The standard InChI is InChI=1S/C27H34F3N3O3/c1-19(11-12-21-8-3-4-13-31-20(21)2)7-6-14-32-15-16-33(26(32)36)24(18-25(34)35)22-9-5-10-23(17-22)27(28,29)30/h5,9-12,17,24,31H,1,3-4,6-8,13-16,18H2,2H3,(H,34,35)/b12-11-. The van der Waals surface area contributed by atoms with E-state index in [2.05, 4.69) is 24.9 Å². The number of carbonyl (C=O) groups is 2. The second-order valence-corrected chi connectivity index (χ2v) is 9.33. The lowest BCUT2D eigenvalue weighted by Crippen LogP contribution is -2.36. The van der Waals surface area contributed by atoms with Crippen LogP contribution in [0.4, 0.5) is 18.0 Å². The van der Waals surface area contributed by atoms with Gasteiger partial charge >= 0.3 is 18.2 Å². The van der Waals surface area contributed by atoms with Gasteiger partial charge in [-0.3, -0.25) is 4.79 Å². The quantitative estimate of drug-likeness (QED) is 0.389. The molecular formula is C27H34F3N3O3. The molecule has 0 bridgehead atoms. The predicted octanol–water partition coefficient (Wildman–Crippen LogP) is 5.90. The molecule has 0 saturated carbocycles. The first-order valence-electron chi connectivity index (χ1n) is 12.3. The number of allylic oxidation sites excluding steroid dienone is 5. The molecule has 1 saturated heterocycles. The molecule has 2 aliphatic rings. The number of nitrogens with zero attached hydrogens (tertiary/aromatic N) is 2. The van der Waals surface area contributed by atoms with E-state index in [-0.39, 0.29) is 18.1 Å². The summed E-state index contributed by atoms with van der Waals surface area (Å²) in [4.78, 5) is 27.5. The number of alkyl halides is 3. The minimum Gasteiger partial charge on any atom is -0.481 e. The van der Waals surface area contributed by atoms with Crippen LogP contribution in [-0.2, 0) is 11.0 Å². The average molecular weight is 506 g/mol. The first-order valence-corrected chi connectivity index (χ1v) is 12.3. The molecule has 3 rings (SSSR count). The molecule has 6 nitrogen and oxygen atoms in total. The molecular weight excluding hydrogens is 471 g/mol. The summed E-state index contributed by atoms with van der Waals surface area (Å²) >= 11 is 0. The van der Waals surface area contributed by atoms with Gasteiger partial charge in [-0.1, -0.05) is 36.4 Å². The molecule has 2 amide bonds. The lowest BCUT2D eigenvalue weighted by molar-refractivity contribution is -0.138. The first kappa shape index (κ1) is 27.4. The maximum atomic E-state index is 13.2. The molecule has 196 valence electrons. The van der Waals surface area contributed by atoms with Crippen molar-refractivity contribution in [3.8, 4) is 0 Å². The van der Waals surface area contributed by atoms with Crippen molar-refractivity contribution in [3.05, 3.63) is 71.0 Å². The largest absolute Gasteiger partial charge is 0.481 e. The molecule has 0 spiro atoms. The number of nitrogens with one attached hydrogen (secondary N) is 1. The normalized spacial score (nSPS) is 17.9. The molecule has 2 N–H and O–H groups in total. The molecule has 1 aromatic carbocycles. The van der Waals surface area contributed by atoms with Gasteiger partial charge in [0.2, 0.25) is 0 Å². The number of rotatable bonds is 10. The predicted molar refractivity (Wildman–Crippen MR) is 132 cm³/mol. The van der Waals surface area contributed by atoms with E-state index in [4.69, 9.17) is 0 Å². The van der Waals surface area contributed by atoms with Crippen molar-refractivity contribution in [2.75, 3.05) is 26.2 Å². The number of amides is 2. The molecule has 1 fully saturated rings. The Morgan fingerprint density at radius 1 is 1.28 bits per heavy atom. The van der Waals surface area contributed by atoms with Crippen LogP contribution < -0.4 is 5.32 Å². The second kappa shape index (κ2) is 12.1. The highest BCUT2D eigenvalue weighted by molar-refractivity contribution is 5.78. The Morgan fingerprint density at radius 2 is 2.06 bits per heavy atom. The van der Waals surface area contributed by atoms with E-state index in [0.29, 0.717) is 25.9 Å². The number of carbonyl (C=O) groups excluding carboxylic acids is 1. The number of hydrogen-bond acceptors (Lipinski definition) is 3. The van der Waals surface area contributed by atoms with E-state index in [1.165, 1.54) is 28.3 Å². The van der Waals surface area contributed by atoms with Gasteiger partial charge in [-0.25, -0.2) is 4.79 Å². The third kappa shape index (κ3) is 7.38. The highest BCUT2D eigenvalue weighted by atomic mass is 19.4. The van der Waals surface area contributed by atoms with Crippen LogP contribution in [0.1, 0.15) is 62.6 Å². The summed E-state index contributed by atoms with van der Waals surface area (Å²) in [5.74, 6) is -1.18. The zero-order valence-corrected chi connectivity index (χ0v) is 20.6. The highest BCUT2D eigenvalue weighted by Crippen LogP contribution is 2.34. The topological polar surface area (TPSA) is 72.9 Å². The molecule has 1 unspecified atom stereocenters. The van der Waals surface area contributed by atoms with Crippen LogP contribution in [-0.4, -0.2) is 53.1 Å². The Morgan fingerprint density at radius 3 is 2.78 bits per heavy atom. The molecule has 9 heteroatoms. The van der Waals surface area contributed by atoms with E-state index >= 15 is 0 Å². The van der Waals surface area contributed by atoms with Crippen LogP contribution in [0.5, 0.6) is 0 Å². The molecule has 0 aliphatic carbocycles. The molecule has 2 aliphatic heterocycles. The van der Waals surface area contributed by atoms with Gasteiger partial charge in [0.05, 0.1) is 18.0 Å². The third-order valence-electron chi connectivity index (χ3n) is 6.66. The van der Waals surface area contributed by atoms with Gasteiger partial charge in [-0.05, 0) is 62.3 Å². The average Bonchev–Trinajstić information content (AvgIpc) is 3.04. The Hall–Kier alpha value is -3.23. The number of carboxylic acid groups (broad SMARTS) is 1. The van der Waals surface area contributed by atoms with E-state index in [1.807, 2.05) is 6.08 Å². The fourth-order valence-electron chi connectivity index (χ4n) is 4.62. The Kier molecular flexibility index (Phi) is 9.23. The van der Waals surface area contributed by atoms with Crippen LogP contribution in [0.15, 0.2) is 59.8 Å². The SMILES string of the molecule is C=C(/C=C\C1=C(C)NCCCC1)CCCN1CCN(C(CC(=O)O)c2cccc(C(F)(F)F)c2)C1=O. The Balaban J connectivity index is 1.59. The van der Waals surface area contributed by atoms with Crippen LogP contribution in [0.25, 0.3) is 0 Å². The first-order chi connectivity index (χ1) is 17.1. The molecule has 1 aromatic rings. The molecule has 0 aromatic heterocycles. The number of halogens is 3. The third-order valence-corrected chi connectivity index (χ3v) is 6.66. The maximum Gasteiger partial charge on any atom is 0.416 e. The number of aliphatic carboxylic acids is 1. The minimum absolute atomic E-state index is 0.165. The van der Waals surface area contributed by atoms with Gasteiger partial charge in [-0.2, -0.15) is 13.2 Å². The Labute approximate surface area is 210 Å². The monoisotopic (exact) mass is 505 g/mol. The fraction of sp³-hybridized carbons (Fsp3) is 0.481. The number of carboxylic acids is 1. The molecule has 36 heavy (non-hydrogen) atoms. The molecule has 2 heterocycles. The van der Waals surface area contributed by atoms with Crippen molar-refractivity contribution in [1.82, 2.24) is 15.1 Å². The van der Waals surface area contributed by atoms with Crippen LogP contribution in [0.3, 0.4) is 0 Å². The maximum absolute atomic E-state index is 13.2. The van der Waals surface area contributed by atoms with Gasteiger partial charge in [0.25, 0.3) is 0 Å². The van der Waals surface area contributed by atoms with Gasteiger partial charge in [0.15, 0.2) is 0 Å². The van der Waals surface area contributed by atoms with Crippen molar-refractivity contribution >= 4 is 12.0 Å². The zero-order valence-electron chi connectivity index (χ0n) is 20.6. The van der Waals surface area contributed by atoms with E-state index in [0.717, 1.165) is 43.5 Å². The molecule has 0 radical (unpaired) electrons. The van der Waals surface area contributed by atoms with Crippen LogP contribution in [0.2, 0.25) is 0 Å². The van der Waals surface area contributed by atoms with Crippen LogP contribution in [0, 0.1) is 0 Å². The lowest BCUT2D eigenvalue weighted by atomic mass is 10.00. The van der Waals surface area contributed by atoms with Crippen molar-refractivity contribution < 1.29 is 27.9 Å². The van der Waals surface area contributed by atoms with Gasteiger partial charge in [0.1, 0.15) is 0 Å². The lowest BCUT2D eigenvalue weighted by Gasteiger charge is -2.28. The number of hydrogen-bond donors (Lipinski definition) is 2. The minimum atomic E-state index is -4.55. The fourth-order valence-corrected chi connectivity index (χ4v) is 4.62. The summed E-state index contributed by atoms with van der Waals surface area (Å²) in [6.07, 6.45) is 3.81. The van der Waals surface area contributed by atoms with Crippen molar-refractivity contribution in [1.29, 1.82) is 0 Å². The van der Waals surface area contributed by atoms with E-state index < -0.39 is 30.2 Å². The molecule has 1 atom stereocenters. The van der Waals surface area contributed by atoms with E-state index in [1.54, 1.807) is 4.90 Å². The van der Waals surface area contributed by atoms with E-state index in [9.17, 15) is 27.9 Å². The number of benzene rings is 1. The van der Waals surface area contributed by atoms with Gasteiger partial charge in [-0.15, -0.1) is 0 Å². The summed E-state index contributed by atoms with van der Waals surface area (Å²) in [6.45, 7) is 8.31. The Bertz CT molecular complexity index is 1030. The summed E-state index contributed by atoms with van der Waals surface area (Å²) < 4.78 is 39.6. The summed E-state index contributed by atoms with van der Waals surface area (Å²) in [7, 11) is 0.